The van der Waals surface area contributed by atoms with Crippen molar-refractivity contribution in [3.05, 3.63) is 61.8 Å². The molecular formula is C13H6Cl4FNO. The Balaban J connectivity index is 2.32. The molecule has 0 spiro atoms. The lowest BCUT2D eigenvalue weighted by atomic mass is 10.2. The molecule has 7 heteroatoms. The number of benzene rings is 2. The van der Waals surface area contributed by atoms with Gasteiger partial charge in [0.25, 0.3) is 5.91 Å². The van der Waals surface area contributed by atoms with Crippen molar-refractivity contribution in [1.82, 2.24) is 0 Å². The molecule has 20 heavy (non-hydrogen) atoms. The Kier molecular flexibility index (Phi) is 4.76. The van der Waals surface area contributed by atoms with Gasteiger partial charge in [-0.15, -0.1) is 0 Å². The number of rotatable bonds is 2. The third kappa shape index (κ3) is 3.36. The summed E-state index contributed by atoms with van der Waals surface area (Å²) in [5, 5.41) is 3.36. The summed E-state index contributed by atoms with van der Waals surface area (Å²) in [5.41, 5.74) is 0.0325. The van der Waals surface area contributed by atoms with E-state index in [4.69, 9.17) is 46.4 Å². The van der Waals surface area contributed by atoms with Gasteiger partial charge in [0.1, 0.15) is 5.82 Å². The fourth-order valence-electron chi connectivity index (χ4n) is 1.48. The Morgan fingerprint density at radius 2 is 1.60 bits per heavy atom. The molecule has 2 aromatic rings. The summed E-state index contributed by atoms with van der Waals surface area (Å²) in [5.74, 6) is -1.38. The largest absolute Gasteiger partial charge is 0.320 e. The zero-order valence-corrected chi connectivity index (χ0v) is 12.7. The second-order valence-electron chi connectivity index (χ2n) is 3.82. The predicted molar refractivity (Wildman–Crippen MR) is 80.8 cm³/mol. The topological polar surface area (TPSA) is 29.1 Å². The zero-order valence-electron chi connectivity index (χ0n) is 9.68. The highest BCUT2D eigenvalue weighted by Gasteiger charge is 2.15. The first-order valence-electron chi connectivity index (χ1n) is 5.29. The number of hydrogen-bond acceptors (Lipinski definition) is 1. The molecule has 1 N–H and O–H groups in total. The summed E-state index contributed by atoms with van der Waals surface area (Å²) in [6, 6.07) is 6.44. The molecule has 0 radical (unpaired) electrons. The van der Waals surface area contributed by atoms with E-state index in [1.54, 1.807) is 0 Å². The second-order valence-corrected chi connectivity index (χ2v) is 5.48. The Morgan fingerprint density at radius 1 is 0.950 bits per heavy atom. The van der Waals surface area contributed by atoms with Crippen LogP contribution in [-0.2, 0) is 0 Å². The molecule has 0 aliphatic carbocycles. The number of carbonyl (C=O) groups is 1. The van der Waals surface area contributed by atoms with Gasteiger partial charge in [0, 0.05) is 5.02 Å². The molecular weight excluding hydrogens is 347 g/mol. The number of amides is 1. The van der Waals surface area contributed by atoms with Crippen LogP contribution in [0.15, 0.2) is 30.3 Å². The van der Waals surface area contributed by atoms with E-state index in [9.17, 15) is 9.18 Å². The van der Waals surface area contributed by atoms with Gasteiger partial charge in [0.15, 0.2) is 0 Å². The van der Waals surface area contributed by atoms with Crippen LogP contribution in [0.5, 0.6) is 0 Å². The molecule has 104 valence electrons. The summed E-state index contributed by atoms with van der Waals surface area (Å²) in [7, 11) is 0. The van der Waals surface area contributed by atoms with Crippen LogP contribution in [0.4, 0.5) is 10.1 Å². The van der Waals surface area contributed by atoms with Gasteiger partial charge in [-0.25, -0.2) is 4.39 Å². The van der Waals surface area contributed by atoms with Crippen molar-refractivity contribution in [2.75, 3.05) is 5.32 Å². The second kappa shape index (κ2) is 6.19. The summed E-state index contributed by atoms with van der Waals surface area (Å²) in [6.07, 6.45) is 0. The molecule has 0 saturated carbocycles. The van der Waals surface area contributed by atoms with E-state index in [1.165, 1.54) is 24.3 Å². The summed E-state index contributed by atoms with van der Waals surface area (Å²) < 4.78 is 13.6. The van der Waals surface area contributed by atoms with Crippen LogP contribution in [0.2, 0.25) is 20.1 Å². The van der Waals surface area contributed by atoms with Crippen LogP contribution >= 0.6 is 46.4 Å². The summed E-state index contributed by atoms with van der Waals surface area (Å²) in [4.78, 5) is 12.0. The third-order valence-electron chi connectivity index (χ3n) is 2.43. The van der Waals surface area contributed by atoms with Crippen molar-refractivity contribution >= 4 is 58.0 Å². The molecule has 0 unspecified atom stereocenters. The van der Waals surface area contributed by atoms with Crippen molar-refractivity contribution in [1.29, 1.82) is 0 Å². The van der Waals surface area contributed by atoms with E-state index in [1.807, 2.05) is 0 Å². The first-order chi connectivity index (χ1) is 9.38. The Morgan fingerprint density at radius 3 is 2.30 bits per heavy atom. The van der Waals surface area contributed by atoms with Gasteiger partial charge >= 0.3 is 0 Å². The molecule has 0 saturated heterocycles. The van der Waals surface area contributed by atoms with E-state index < -0.39 is 11.7 Å². The normalized spacial score (nSPS) is 10.4. The van der Waals surface area contributed by atoms with Gasteiger partial charge in [-0.1, -0.05) is 46.4 Å². The van der Waals surface area contributed by atoms with E-state index >= 15 is 0 Å². The lowest BCUT2D eigenvalue weighted by Crippen LogP contribution is -2.14. The molecule has 1 amide bonds. The highest BCUT2D eigenvalue weighted by molar-refractivity contribution is 6.44. The number of halogens is 5. The van der Waals surface area contributed by atoms with Crippen LogP contribution in [0.25, 0.3) is 0 Å². The quantitative estimate of drug-likeness (QED) is 0.691. The van der Waals surface area contributed by atoms with Crippen LogP contribution < -0.4 is 5.32 Å². The molecule has 0 aliphatic heterocycles. The smallest absolute Gasteiger partial charge is 0.258 e. The Labute approximate surface area is 134 Å². The van der Waals surface area contributed by atoms with E-state index in [0.717, 1.165) is 6.07 Å². The van der Waals surface area contributed by atoms with Crippen LogP contribution in [0.1, 0.15) is 10.4 Å². The minimum Gasteiger partial charge on any atom is -0.320 e. The lowest BCUT2D eigenvalue weighted by Gasteiger charge is -2.09. The highest BCUT2D eigenvalue weighted by atomic mass is 35.5. The van der Waals surface area contributed by atoms with Crippen molar-refractivity contribution in [3.8, 4) is 0 Å². The number of hydrogen-bond donors (Lipinski definition) is 1. The van der Waals surface area contributed by atoms with Gasteiger partial charge in [-0.05, 0) is 30.3 Å². The van der Waals surface area contributed by atoms with Gasteiger partial charge < -0.3 is 5.32 Å². The van der Waals surface area contributed by atoms with Gasteiger partial charge in [0.05, 0.1) is 26.3 Å². The monoisotopic (exact) mass is 351 g/mol. The fraction of sp³-hybridized carbons (Fsp3) is 0. The average molecular weight is 353 g/mol. The number of nitrogens with one attached hydrogen (secondary N) is 1. The van der Waals surface area contributed by atoms with Gasteiger partial charge in [-0.2, -0.15) is 0 Å². The van der Waals surface area contributed by atoms with Crippen molar-refractivity contribution in [2.24, 2.45) is 0 Å². The molecule has 0 fully saturated rings. The maximum absolute atomic E-state index is 13.6. The van der Waals surface area contributed by atoms with Crippen molar-refractivity contribution in [2.45, 2.75) is 0 Å². The lowest BCUT2D eigenvalue weighted by molar-refractivity contribution is 0.102. The molecule has 0 atom stereocenters. The number of anilines is 1. The first kappa shape index (κ1) is 15.4. The van der Waals surface area contributed by atoms with Crippen molar-refractivity contribution in [3.63, 3.8) is 0 Å². The Bertz CT molecular complexity index is 690. The molecule has 0 aliphatic rings. The zero-order chi connectivity index (χ0) is 14.9. The molecule has 0 bridgehead atoms. The predicted octanol–water partition coefficient (Wildman–Crippen LogP) is 5.69. The SMILES string of the molecule is O=C(Nc1cc(Cl)c(Cl)cc1Cl)c1cc(Cl)ccc1F. The van der Waals surface area contributed by atoms with Crippen molar-refractivity contribution < 1.29 is 9.18 Å². The van der Waals surface area contributed by atoms with Crippen LogP contribution in [0, 0.1) is 5.82 Å². The number of carbonyl (C=O) groups excluding carboxylic acids is 1. The molecule has 2 aromatic carbocycles. The standard InChI is InChI=1S/C13H6Cl4FNO/c14-6-1-2-11(18)7(3-6)13(20)19-12-5-9(16)8(15)4-10(12)17/h1-5H,(H,19,20). The average Bonchev–Trinajstić information content (AvgIpc) is 2.38. The fourth-order valence-corrected chi connectivity index (χ4v) is 2.25. The van der Waals surface area contributed by atoms with E-state index in [2.05, 4.69) is 5.32 Å². The minimum absolute atomic E-state index is 0.190. The Hall–Kier alpha value is -1.00. The first-order valence-corrected chi connectivity index (χ1v) is 6.80. The highest BCUT2D eigenvalue weighted by Crippen LogP contribution is 2.32. The minimum atomic E-state index is -0.692. The maximum Gasteiger partial charge on any atom is 0.258 e. The van der Waals surface area contributed by atoms with Crippen LogP contribution in [-0.4, -0.2) is 5.91 Å². The molecule has 2 rings (SSSR count). The van der Waals surface area contributed by atoms with Gasteiger partial charge in [0.2, 0.25) is 0 Å². The van der Waals surface area contributed by atoms with E-state index in [-0.39, 0.29) is 31.3 Å². The van der Waals surface area contributed by atoms with Gasteiger partial charge in [-0.3, -0.25) is 4.79 Å². The molecule has 0 heterocycles. The molecule has 0 aromatic heterocycles. The summed E-state index contributed by atoms with van der Waals surface area (Å²) in [6.45, 7) is 0. The third-order valence-corrected chi connectivity index (χ3v) is 3.70. The molecule has 2 nitrogen and oxygen atoms in total. The van der Waals surface area contributed by atoms with E-state index in [0.29, 0.717) is 0 Å². The van der Waals surface area contributed by atoms with Crippen LogP contribution in [0.3, 0.4) is 0 Å². The summed E-state index contributed by atoms with van der Waals surface area (Å²) >= 11 is 23.3. The maximum atomic E-state index is 13.6.